The van der Waals surface area contributed by atoms with Crippen molar-refractivity contribution in [3.8, 4) is 5.75 Å². The van der Waals surface area contributed by atoms with Crippen molar-refractivity contribution in [2.24, 2.45) is 10.9 Å². The van der Waals surface area contributed by atoms with Gasteiger partial charge in [0.15, 0.2) is 0 Å². The molecule has 1 aliphatic carbocycles. The zero-order chi connectivity index (χ0) is 18.5. The Labute approximate surface area is 151 Å². The maximum Gasteiger partial charge on any atom is 0.350 e. The zero-order valence-corrected chi connectivity index (χ0v) is 14.3. The predicted molar refractivity (Wildman–Crippen MR) is 97.2 cm³/mol. The van der Waals surface area contributed by atoms with E-state index in [4.69, 9.17) is 4.74 Å². The summed E-state index contributed by atoms with van der Waals surface area (Å²) in [7, 11) is 1.57. The van der Waals surface area contributed by atoms with Crippen LogP contribution < -0.4 is 10.1 Å². The molecule has 1 heterocycles. The highest BCUT2D eigenvalue weighted by Gasteiger charge is 2.35. The second-order valence-electron chi connectivity index (χ2n) is 5.91. The lowest BCUT2D eigenvalue weighted by Gasteiger charge is -2.28. The summed E-state index contributed by atoms with van der Waals surface area (Å²) >= 11 is 0. The number of benzene rings is 1. The normalized spacial score (nSPS) is 18.4. The molecule has 134 valence electrons. The van der Waals surface area contributed by atoms with Gasteiger partial charge in [-0.2, -0.15) is 4.99 Å². The standard InChI is InChI=1S/C19H19N3O4/c1-26-14-10-8-13(9-11-14)20-17(23)7-4-12-22-18(24)15-5-2-3-6-16(15)21-19(22)25/h2-3,5-6,8-11,15H,4,7,12H2,1H3,(H,20,23). The third kappa shape index (κ3) is 3.88. The van der Waals surface area contributed by atoms with Gasteiger partial charge in [-0.05, 0) is 36.8 Å². The van der Waals surface area contributed by atoms with Gasteiger partial charge in [-0.15, -0.1) is 0 Å². The van der Waals surface area contributed by atoms with Crippen molar-refractivity contribution in [1.29, 1.82) is 0 Å². The van der Waals surface area contributed by atoms with E-state index >= 15 is 0 Å². The smallest absolute Gasteiger partial charge is 0.350 e. The fourth-order valence-corrected chi connectivity index (χ4v) is 2.78. The number of amides is 4. The summed E-state index contributed by atoms with van der Waals surface area (Å²) in [5, 5.41) is 2.77. The van der Waals surface area contributed by atoms with Crippen molar-refractivity contribution in [1.82, 2.24) is 4.90 Å². The van der Waals surface area contributed by atoms with Gasteiger partial charge in [0.05, 0.1) is 18.7 Å². The average Bonchev–Trinajstić information content (AvgIpc) is 2.65. The van der Waals surface area contributed by atoms with E-state index in [2.05, 4.69) is 10.3 Å². The topological polar surface area (TPSA) is 88.1 Å². The first kappa shape index (κ1) is 17.6. The van der Waals surface area contributed by atoms with Crippen LogP contribution in [0.5, 0.6) is 5.75 Å². The number of aliphatic imine (C=N–C) groups is 1. The summed E-state index contributed by atoms with van der Waals surface area (Å²) in [5.74, 6) is -0.282. The van der Waals surface area contributed by atoms with Gasteiger partial charge in [0.1, 0.15) is 5.75 Å². The number of hydrogen-bond acceptors (Lipinski definition) is 4. The molecular weight excluding hydrogens is 334 g/mol. The number of methoxy groups -OCH3 is 1. The molecule has 2 aliphatic rings. The highest BCUT2D eigenvalue weighted by atomic mass is 16.5. The van der Waals surface area contributed by atoms with E-state index in [-0.39, 0.29) is 24.8 Å². The van der Waals surface area contributed by atoms with Gasteiger partial charge in [0.25, 0.3) is 0 Å². The minimum absolute atomic E-state index is 0.165. The molecule has 1 aliphatic heterocycles. The highest BCUT2D eigenvalue weighted by Crippen LogP contribution is 2.20. The number of rotatable bonds is 6. The van der Waals surface area contributed by atoms with Crippen molar-refractivity contribution in [3.63, 3.8) is 0 Å². The highest BCUT2D eigenvalue weighted by molar-refractivity contribution is 6.21. The molecule has 0 bridgehead atoms. The van der Waals surface area contributed by atoms with Crippen LogP contribution in [-0.4, -0.2) is 42.1 Å². The second kappa shape index (κ2) is 7.77. The van der Waals surface area contributed by atoms with Crippen LogP contribution in [0.4, 0.5) is 10.5 Å². The summed E-state index contributed by atoms with van der Waals surface area (Å²) in [4.78, 5) is 41.5. The fourth-order valence-electron chi connectivity index (χ4n) is 2.78. The molecular formula is C19H19N3O4. The van der Waals surface area contributed by atoms with E-state index in [0.29, 0.717) is 23.6 Å². The largest absolute Gasteiger partial charge is 0.497 e. The molecule has 1 unspecified atom stereocenters. The minimum atomic E-state index is -0.572. The Kier molecular flexibility index (Phi) is 5.26. The molecule has 0 radical (unpaired) electrons. The number of allylic oxidation sites excluding steroid dienone is 3. The maximum atomic E-state index is 12.4. The molecule has 1 atom stereocenters. The molecule has 1 aromatic rings. The first-order valence-corrected chi connectivity index (χ1v) is 8.31. The van der Waals surface area contributed by atoms with Crippen molar-refractivity contribution in [2.75, 3.05) is 19.0 Å². The first-order valence-electron chi connectivity index (χ1n) is 8.31. The summed E-state index contributed by atoms with van der Waals surface area (Å²) in [6, 6.07) is 6.42. The third-order valence-corrected chi connectivity index (χ3v) is 4.15. The van der Waals surface area contributed by atoms with Crippen LogP contribution in [-0.2, 0) is 9.59 Å². The number of imide groups is 1. The lowest BCUT2D eigenvalue weighted by Crippen LogP contribution is -2.46. The molecule has 0 fully saturated rings. The minimum Gasteiger partial charge on any atom is -0.497 e. The molecule has 26 heavy (non-hydrogen) atoms. The number of carbonyl (C=O) groups excluding carboxylic acids is 3. The molecule has 7 heteroatoms. The Morgan fingerprint density at radius 3 is 2.73 bits per heavy atom. The molecule has 0 saturated heterocycles. The van der Waals surface area contributed by atoms with Crippen LogP contribution in [0.15, 0.2) is 53.6 Å². The summed E-state index contributed by atoms with van der Waals surface area (Å²) < 4.78 is 5.06. The number of ether oxygens (including phenoxy) is 1. The number of nitrogens with one attached hydrogen (secondary N) is 1. The molecule has 0 spiro atoms. The number of hydrogen-bond donors (Lipinski definition) is 1. The Morgan fingerprint density at radius 2 is 2.00 bits per heavy atom. The number of urea groups is 1. The van der Waals surface area contributed by atoms with E-state index in [1.807, 2.05) is 0 Å². The van der Waals surface area contributed by atoms with Crippen molar-refractivity contribution >= 4 is 29.2 Å². The number of fused-ring (bicyclic) bond motifs is 1. The Bertz CT molecular complexity index is 809. The van der Waals surface area contributed by atoms with Crippen LogP contribution in [0, 0.1) is 5.92 Å². The van der Waals surface area contributed by atoms with Gasteiger partial charge >= 0.3 is 6.03 Å². The third-order valence-electron chi connectivity index (χ3n) is 4.15. The van der Waals surface area contributed by atoms with E-state index < -0.39 is 11.9 Å². The second-order valence-corrected chi connectivity index (χ2v) is 5.91. The molecule has 1 N–H and O–H groups in total. The summed E-state index contributed by atoms with van der Waals surface area (Å²) in [5.41, 5.74) is 1.13. The molecule has 7 nitrogen and oxygen atoms in total. The molecule has 3 rings (SSSR count). The number of nitrogens with zero attached hydrogens (tertiary/aromatic N) is 2. The monoisotopic (exact) mass is 353 g/mol. The first-order chi connectivity index (χ1) is 12.6. The number of carbonyl (C=O) groups is 3. The molecule has 0 saturated carbocycles. The fraction of sp³-hybridized carbons (Fsp3) is 0.263. The van der Waals surface area contributed by atoms with E-state index in [0.717, 1.165) is 4.90 Å². The lowest BCUT2D eigenvalue weighted by atomic mass is 9.95. The van der Waals surface area contributed by atoms with Gasteiger partial charge < -0.3 is 10.1 Å². The zero-order valence-electron chi connectivity index (χ0n) is 14.3. The lowest BCUT2D eigenvalue weighted by molar-refractivity contribution is -0.129. The Morgan fingerprint density at radius 1 is 1.23 bits per heavy atom. The summed E-state index contributed by atoms with van der Waals surface area (Å²) in [6.45, 7) is 0.165. The van der Waals surface area contributed by atoms with Crippen molar-refractivity contribution in [2.45, 2.75) is 12.8 Å². The van der Waals surface area contributed by atoms with Crippen LogP contribution in [0.3, 0.4) is 0 Å². The van der Waals surface area contributed by atoms with Crippen LogP contribution in [0.25, 0.3) is 0 Å². The average molecular weight is 353 g/mol. The van der Waals surface area contributed by atoms with Gasteiger partial charge in [-0.1, -0.05) is 18.2 Å². The van der Waals surface area contributed by atoms with Crippen LogP contribution in [0.1, 0.15) is 12.8 Å². The predicted octanol–water partition coefficient (Wildman–Crippen LogP) is 2.56. The van der Waals surface area contributed by atoms with Crippen LogP contribution >= 0.6 is 0 Å². The molecule has 1 aromatic carbocycles. The van der Waals surface area contributed by atoms with Gasteiger partial charge in [0, 0.05) is 18.7 Å². The van der Waals surface area contributed by atoms with E-state index in [9.17, 15) is 14.4 Å². The number of anilines is 1. The van der Waals surface area contributed by atoms with E-state index in [1.54, 1.807) is 55.7 Å². The van der Waals surface area contributed by atoms with Gasteiger partial charge in [-0.3, -0.25) is 14.5 Å². The van der Waals surface area contributed by atoms with Gasteiger partial charge in [0.2, 0.25) is 11.8 Å². The summed E-state index contributed by atoms with van der Waals surface area (Å²) in [6.07, 6.45) is 7.46. The quantitative estimate of drug-likeness (QED) is 0.851. The van der Waals surface area contributed by atoms with Crippen molar-refractivity contribution < 1.29 is 19.1 Å². The maximum absolute atomic E-state index is 12.4. The van der Waals surface area contributed by atoms with Gasteiger partial charge in [-0.25, -0.2) is 4.79 Å². The van der Waals surface area contributed by atoms with Crippen LogP contribution in [0.2, 0.25) is 0 Å². The Balaban J connectivity index is 1.51. The van der Waals surface area contributed by atoms with E-state index in [1.165, 1.54) is 0 Å². The SMILES string of the molecule is COc1ccc(NC(=O)CCCN2C(=O)N=C3C=CC=CC3C2=O)cc1. The molecule has 0 aromatic heterocycles. The van der Waals surface area contributed by atoms with Crippen molar-refractivity contribution in [3.05, 3.63) is 48.6 Å². The Hall–Kier alpha value is -3.22. The molecule has 4 amide bonds.